The van der Waals surface area contributed by atoms with Crippen molar-refractivity contribution in [2.75, 3.05) is 26.3 Å². The van der Waals surface area contributed by atoms with Crippen molar-refractivity contribution in [1.82, 2.24) is 5.32 Å². The van der Waals surface area contributed by atoms with Crippen molar-refractivity contribution in [3.63, 3.8) is 0 Å². The molecule has 3 unspecified atom stereocenters. The first-order valence-corrected chi connectivity index (χ1v) is 5.87. The number of hydrogen-bond acceptors (Lipinski definition) is 2. The molecule has 2 rings (SSSR count). The second-order valence-electron chi connectivity index (χ2n) is 4.44. The summed E-state index contributed by atoms with van der Waals surface area (Å²) in [6.45, 7) is 5.91. The Labute approximate surface area is 86.7 Å². The highest BCUT2D eigenvalue weighted by Crippen LogP contribution is 2.42. The lowest BCUT2D eigenvalue weighted by molar-refractivity contribution is 0.148. The fourth-order valence-corrected chi connectivity index (χ4v) is 2.71. The van der Waals surface area contributed by atoms with E-state index in [1.54, 1.807) is 0 Å². The molecule has 2 aliphatic carbocycles. The van der Waals surface area contributed by atoms with Crippen molar-refractivity contribution in [3.8, 4) is 0 Å². The van der Waals surface area contributed by atoms with Crippen LogP contribution in [0.25, 0.3) is 0 Å². The van der Waals surface area contributed by atoms with Crippen LogP contribution < -0.4 is 5.32 Å². The molecule has 2 heteroatoms. The fourth-order valence-electron chi connectivity index (χ4n) is 2.71. The number of rotatable bonds is 6. The summed E-state index contributed by atoms with van der Waals surface area (Å²) < 4.78 is 5.28. The van der Waals surface area contributed by atoms with Gasteiger partial charge in [-0.15, -0.1) is 0 Å². The average molecular weight is 195 g/mol. The molecule has 2 bridgehead atoms. The number of allylic oxidation sites excluding steroid dienone is 2. The Kier molecular flexibility index (Phi) is 3.60. The molecule has 0 radical (unpaired) electrons. The highest BCUT2D eigenvalue weighted by molar-refractivity contribution is 5.10. The second kappa shape index (κ2) is 4.94. The maximum absolute atomic E-state index is 5.28. The predicted molar refractivity (Wildman–Crippen MR) is 58.2 cm³/mol. The van der Waals surface area contributed by atoms with Crippen LogP contribution in [0.15, 0.2) is 12.2 Å². The smallest absolute Gasteiger partial charge is 0.0590 e. The zero-order chi connectivity index (χ0) is 9.80. The summed E-state index contributed by atoms with van der Waals surface area (Å²) in [7, 11) is 0. The van der Waals surface area contributed by atoms with Crippen LogP contribution in [0, 0.1) is 17.8 Å². The fraction of sp³-hybridized carbons (Fsp3) is 0.833. The molecule has 1 fully saturated rings. The largest absolute Gasteiger partial charge is 0.380 e. The zero-order valence-corrected chi connectivity index (χ0v) is 9.04. The van der Waals surface area contributed by atoms with Gasteiger partial charge in [0.2, 0.25) is 0 Å². The minimum atomic E-state index is 0.832. The summed E-state index contributed by atoms with van der Waals surface area (Å²) in [5.74, 6) is 2.67. The first-order valence-electron chi connectivity index (χ1n) is 5.87. The summed E-state index contributed by atoms with van der Waals surface area (Å²) >= 11 is 0. The highest BCUT2D eigenvalue weighted by Gasteiger charge is 2.34. The topological polar surface area (TPSA) is 21.3 Å². The Hall–Kier alpha value is -0.340. The molecule has 0 aliphatic heterocycles. The summed E-state index contributed by atoms with van der Waals surface area (Å²) in [5.41, 5.74) is 0. The molecule has 0 amide bonds. The van der Waals surface area contributed by atoms with Gasteiger partial charge in [0.25, 0.3) is 0 Å². The molecule has 0 saturated heterocycles. The molecule has 3 atom stereocenters. The first kappa shape index (κ1) is 10.2. The number of ether oxygens (including phenoxy) is 1. The van der Waals surface area contributed by atoms with E-state index in [1.807, 2.05) is 6.92 Å². The van der Waals surface area contributed by atoms with Crippen molar-refractivity contribution < 1.29 is 4.74 Å². The van der Waals surface area contributed by atoms with E-state index in [-0.39, 0.29) is 0 Å². The summed E-state index contributed by atoms with van der Waals surface area (Å²) in [6, 6.07) is 0. The van der Waals surface area contributed by atoms with E-state index in [0.29, 0.717) is 0 Å². The average Bonchev–Trinajstić information content (AvgIpc) is 2.79. The van der Waals surface area contributed by atoms with Gasteiger partial charge in [0.1, 0.15) is 0 Å². The summed E-state index contributed by atoms with van der Waals surface area (Å²) in [4.78, 5) is 0. The minimum Gasteiger partial charge on any atom is -0.380 e. The van der Waals surface area contributed by atoms with Crippen LogP contribution in [0.2, 0.25) is 0 Å². The van der Waals surface area contributed by atoms with Gasteiger partial charge in [-0.25, -0.2) is 0 Å². The molecule has 0 aromatic rings. The molecule has 0 spiro atoms. The molecule has 0 heterocycles. The van der Waals surface area contributed by atoms with E-state index < -0.39 is 0 Å². The Bertz CT molecular complexity index is 202. The van der Waals surface area contributed by atoms with Crippen LogP contribution in [0.4, 0.5) is 0 Å². The number of fused-ring (bicyclic) bond motifs is 2. The lowest BCUT2D eigenvalue weighted by atomic mass is 9.94. The van der Waals surface area contributed by atoms with Gasteiger partial charge in [-0.05, 0) is 44.1 Å². The standard InChI is InChI=1S/C12H21NO/c1-2-14-6-5-13-9-12-8-10-3-4-11(12)7-10/h3-4,10-13H,2,5-9H2,1H3. The third-order valence-corrected chi connectivity index (χ3v) is 3.45. The van der Waals surface area contributed by atoms with Gasteiger partial charge in [0, 0.05) is 13.2 Å². The SMILES string of the molecule is CCOCCNCC1CC2C=CC1C2. The molecule has 2 aliphatic rings. The van der Waals surface area contributed by atoms with E-state index >= 15 is 0 Å². The number of hydrogen-bond donors (Lipinski definition) is 1. The van der Waals surface area contributed by atoms with Gasteiger partial charge in [-0.1, -0.05) is 12.2 Å². The lowest BCUT2D eigenvalue weighted by Crippen LogP contribution is -2.28. The quantitative estimate of drug-likeness (QED) is 0.515. The highest BCUT2D eigenvalue weighted by atomic mass is 16.5. The van der Waals surface area contributed by atoms with Crippen molar-refractivity contribution in [2.24, 2.45) is 17.8 Å². The van der Waals surface area contributed by atoms with Gasteiger partial charge in [-0.3, -0.25) is 0 Å². The van der Waals surface area contributed by atoms with Gasteiger partial charge in [-0.2, -0.15) is 0 Å². The van der Waals surface area contributed by atoms with E-state index in [4.69, 9.17) is 4.74 Å². The van der Waals surface area contributed by atoms with E-state index in [1.165, 1.54) is 19.4 Å². The van der Waals surface area contributed by atoms with Crippen LogP contribution in [-0.2, 0) is 4.74 Å². The van der Waals surface area contributed by atoms with Crippen LogP contribution in [0.1, 0.15) is 19.8 Å². The molecular formula is C12H21NO. The molecule has 0 aromatic heterocycles. The number of nitrogens with one attached hydrogen (secondary N) is 1. The molecule has 80 valence electrons. The Balaban J connectivity index is 1.56. The van der Waals surface area contributed by atoms with Gasteiger partial charge < -0.3 is 10.1 Å². The lowest BCUT2D eigenvalue weighted by Gasteiger charge is -2.18. The molecule has 14 heavy (non-hydrogen) atoms. The molecule has 0 aromatic carbocycles. The Morgan fingerprint density at radius 1 is 1.36 bits per heavy atom. The maximum atomic E-state index is 5.28. The minimum absolute atomic E-state index is 0.832. The zero-order valence-electron chi connectivity index (χ0n) is 9.04. The Morgan fingerprint density at radius 2 is 2.29 bits per heavy atom. The Morgan fingerprint density at radius 3 is 2.93 bits per heavy atom. The first-order chi connectivity index (χ1) is 6.90. The van der Waals surface area contributed by atoms with Crippen LogP contribution in [-0.4, -0.2) is 26.3 Å². The van der Waals surface area contributed by atoms with Crippen molar-refractivity contribution in [2.45, 2.75) is 19.8 Å². The second-order valence-corrected chi connectivity index (χ2v) is 4.44. The third-order valence-electron chi connectivity index (χ3n) is 3.45. The molecule has 1 saturated carbocycles. The summed E-state index contributed by atoms with van der Waals surface area (Å²) in [6.07, 6.45) is 7.64. The van der Waals surface area contributed by atoms with Crippen molar-refractivity contribution >= 4 is 0 Å². The van der Waals surface area contributed by atoms with Gasteiger partial charge >= 0.3 is 0 Å². The third kappa shape index (κ3) is 2.37. The van der Waals surface area contributed by atoms with Crippen molar-refractivity contribution in [1.29, 1.82) is 0 Å². The van der Waals surface area contributed by atoms with Crippen molar-refractivity contribution in [3.05, 3.63) is 12.2 Å². The maximum Gasteiger partial charge on any atom is 0.0590 e. The van der Waals surface area contributed by atoms with Crippen LogP contribution in [0.5, 0.6) is 0 Å². The predicted octanol–water partition coefficient (Wildman–Crippen LogP) is 1.82. The van der Waals surface area contributed by atoms with E-state index in [2.05, 4.69) is 17.5 Å². The normalized spacial score (nSPS) is 34.2. The van der Waals surface area contributed by atoms with Crippen LogP contribution in [0.3, 0.4) is 0 Å². The van der Waals surface area contributed by atoms with Gasteiger partial charge in [0.05, 0.1) is 6.61 Å². The van der Waals surface area contributed by atoms with Gasteiger partial charge in [0.15, 0.2) is 0 Å². The summed E-state index contributed by atoms with van der Waals surface area (Å²) in [5, 5.41) is 3.49. The monoisotopic (exact) mass is 195 g/mol. The van der Waals surface area contributed by atoms with E-state index in [0.717, 1.165) is 37.5 Å². The molecule has 2 nitrogen and oxygen atoms in total. The molecular weight excluding hydrogens is 174 g/mol. The molecule has 1 N–H and O–H groups in total. The van der Waals surface area contributed by atoms with Crippen LogP contribution >= 0.6 is 0 Å². The van der Waals surface area contributed by atoms with E-state index in [9.17, 15) is 0 Å².